The van der Waals surface area contributed by atoms with Gasteiger partial charge in [0.1, 0.15) is 9.79 Å². The molecule has 126 valence electrons. The van der Waals surface area contributed by atoms with E-state index in [0.717, 1.165) is 12.8 Å². The molecule has 0 saturated heterocycles. The Kier molecular flexibility index (Phi) is 7.47. The third-order valence-electron chi connectivity index (χ3n) is 2.86. The second-order valence-electron chi connectivity index (χ2n) is 4.71. The first-order chi connectivity index (χ1) is 10.3. The molecule has 0 N–H and O–H groups in total. The lowest BCUT2D eigenvalue weighted by atomic mass is 10.4. The Morgan fingerprint density at radius 1 is 0.773 bits per heavy atom. The lowest BCUT2D eigenvalue weighted by Gasteiger charge is -2.11. The molecule has 0 aliphatic carbocycles. The molecule has 1 rings (SSSR count). The highest BCUT2D eigenvalue weighted by Gasteiger charge is 2.27. The SMILES string of the molecule is CCCCOS(=O)(=O)c1ccccc1S(=O)(=O)OCCCC. The highest BCUT2D eigenvalue weighted by molar-refractivity contribution is 7.90. The maximum Gasteiger partial charge on any atom is 0.298 e. The summed E-state index contributed by atoms with van der Waals surface area (Å²) < 4.78 is 58.4. The highest BCUT2D eigenvalue weighted by atomic mass is 32.2. The van der Waals surface area contributed by atoms with Gasteiger partial charge in [0.05, 0.1) is 13.2 Å². The maximum absolute atomic E-state index is 12.2. The quantitative estimate of drug-likeness (QED) is 0.476. The zero-order valence-corrected chi connectivity index (χ0v) is 14.5. The summed E-state index contributed by atoms with van der Waals surface area (Å²) in [6.45, 7) is 3.83. The van der Waals surface area contributed by atoms with Crippen LogP contribution in [0.1, 0.15) is 39.5 Å². The topological polar surface area (TPSA) is 86.7 Å². The van der Waals surface area contributed by atoms with E-state index in [1.54, 1.807) is 0 Å². The minimum absolute atomic E-state index is 0.0178. The lowest BCUT2D eigenvalue weighted by Crippen LogP contribution is -2.15. The fraction of sp³-hybridized carbons (Fsp3) is 0.571. The van der Waals surface area contributed by atoms with Crippen LogP contribution in [0, 0.1) is 0 Å². The van der Waals surface area contributed by atoms with Crippen LogP contribution >= 0.6 is 0 Å². The van der Waals surface area contributed by atoms with E-state index in [4.69, 9.17) is 8.37 Å². The zero-order chi connectivity index (χ0) is 16.6. The molecular weight excluding hydrogens is 328 g/mol. The fourth-order valence-electron chi connectivity index (χ4n) is 1.62. The molecule has 0 radical (unpaired) electrons. The van der Waals surface area contributed by atoms with Crippen molar-refractivity contribution in [3.05, 3.63) is 24.3 Å². The van der Waals surface area contributed by atoms with Crippen molar-refractivity contribution < 1.29 is 25.2 Å². The Labute approximate surface area is 132 Å². The van der Waals surface area contributed by atoms with Gasteiger partial charge in [0.15, 0.2) is 0 Å². The predicted molar refractivity (Wildman–Crippen MR) is 82.5 cm³/mol. The van der Waals surface area contributed by atoms with Crippen molar-refractivity contribution in [1.29, 1.82) is 0 Å². The molecule has 0 bridgehead atoms. The van der Waals surface area contributed by atoms with Crippen LogP contribution in [-0.2, 0) is 28.6 Å². The zero-order valence-electron chi connectivity index (χ0n) is 12.8. The minimum atomic E-state index is -4.14. The average molecular weight is 350 g/mol. The molecule has 0 unspecified atom stereocenters. The van der Waals surface area contributed by atoms with Gasteiger partial charge in [0, 0.05) is 0 Å². The van der Waals surface area contributed by atoms with Crippen molar-refractivity contribution in [3.63, 3.8) is 0 Å². The van der Waals surface area contributed by atoms with E-state index in [-0.39, 0.29) is 23.0 Å². The maximum atomic E-state index is 12.2. The van der Waals surface area contributed by atoms with Gasteiger partial charge in [-0.05, 0) is 25.0 Å². The van der Waals surface area contributed by atoms with E-state index in [0.29, 0.717) is 12.8 Å². The number of hydrogen-bond acceptors (Lipinski definition) is 6. The molecule has 0 aromatic heterocycles. The van der Waals surface area contributed by atoms with Crippen molar-refractivity contribution in [2.24, 2.45) is 0 Å². The Balaban J connectivity index is 3.08. The second kappa shape index (κ2) is 8.61. The summed E-state index contributed by atoms with van der Waals surface area (Å²) in [6.07, 6.45) is 2.69. The first kappa shape index (κ1) is 19.1. The summed E-state index contributed by atoms with van der Waals surface area (Å²) in [5.41, 5.74) is 0. The normalized spacial score (nSPS) is 12.5. The Bertz CT molecular complexity index is 605. The van der Waals surface area contributed by atoms with E-state index in [1.807, 2.05) is 13.8 Å². The number of rotatable bonds is 10. The van der Waals surface area contributed by atoms with Gasteiger partial charge >= 0.3 is 0 Å². The second-order valence-corrected chi connectivity index (χ2v) is 7.87. The molecule has 0 aliphatic heterocycles. The van der Waals surface area contributed by atoms with Crippen LogP contribution < -0.4 is 0 Å². The summed E-state index contributed by atoms with van der Waals surface area (Å²) in [5, 5.41) is 0. The smallest absolute Gasteiger partial charge is 0.266 e. The van der Waals surface area contributed by atoms with E-state index in [2.05, 4.69) is 0 Å². The summed E-state index contributed by atoms with van der Waals surface area (Å²) in [5.74, 6) is 0. The molecule has 0 aliphatic rings. The summed E-state index contributed by atoms with van der Waals surface area (Å²) in [7, 11) is -8.27. The standard InChI is InChI=1S/C14H22O6S2/c1-3-5-11-19-21(15,16)13-9-7-8-10-14(13)22(17,18)20-12-6-4-2/h7-10H,3-6,11-12H2,1-2H3. The van der Waals surface area contributed by atoms with Gasteiger partial charge < -0.3 is 0 Å². The molecule has 0 amide bonds. The van der Waals surface area contributed by atoms with Crippen LogP contribution in [0.4, 0.5) is 0 Å². The molecule has 0 spiro atoms. The summed E-state index contributed by atoms with van der Waals surface area (Å²) >= 11 is 0. The molecule has 1 aromatic rings. The monoisotopic (exact) mass is 350 g/mol. The highest BCUT2D eigenvalue weighted by Crippen LogP contribution is 2.24. The molecule has 0 heterocycles. The third kappa shape index (κ3) is 5.35. The van der Waals surface area contributed by atoms with E-state index in [9.17, 15) is 16.8 Å². The van der Waals surface area contributed by atoms with Gasteiger partial charge in [0.2, 0.25) is 0 Å². The van der Waals surface area contributed by atoms with Gasteiger partial charge in [-0.25, -0.2) is 0 Å². The van der Waals surface area contributed by atoms with Crippen molar-refractivity contribution in [1.82, 2.24) is 0 Å². The molecule has 6 nitrogen and oxygen atoms in total. The molecule has 0 saturated carbocycles. The van der Waals surface area contributed by atoms with Crippen LogP contribution in [0.3, 0.4) is 0 Å². The number of unbranched alkanes of at least 4 members (excludes halogenated alkanes) is 2. The molecule has 0 fully saturated rings. The molecule has 1 aromatic carbocycles. The largest absolute Gasteiger partial charge is 0.298 e. The average Bonchev–Trinajstić information content (AvgIpc) is 2.47. The first-order valence-corrected chi connectivity index (χ1v) is 10.0. The molecule has 8 heteroatoms. The number of benzene rings is 1. The first-order valence-electron chi connectivity index (χ1n) is 7.23. The van der Waals surface area contributed by atoms with Gasteiger partial charge in [-0.3, -0.25) is 8.37 Å². The van der Waals surface area contributed by atoms with Crippen LogP contribution in [0.15, 0.2) is 34.1 Å². The van der Waals surface area contributed by atoms with E-state index >= 15 is 0 Å². The third-order valence-corrected chi connectivity index (χ3v) is 5.73. The van der Waals surface area contributed by atoms with E-state index < -0.39 is 20.2 Å². The summed E-state index contributed by atoms with van der Waals surface area (Å²) in [6, 6.07) is 5.30. The van der Waals surface area contributed by atoms with Crippen LogP contribution in [-0.4, -0.2) is 30.0 Å². The molecular formula is C14H22O6S2. The predicted octanol–water partition coefficient (Wildman–Crippen LogP) is 2.70. The molecule has 0 atom stereocenters. The fourth-order valence-corrected chi connectivity index (χ4v) is 4.28. The van der Waals surface area contributed by atoms with Crippen molar-refractivity contribution in [2.75, 3.05) is 13.2 Å². The van der Waals surface area contributed by atoms with Crippen LogP contribution in [0.2, 0.25) is 0 Å². The van der Waals surface area contributed by atoms with E-state index in [1.165, 1.54) is 24.3 Å². The van der Waals surface area contributed by atoms with Gasteiger partial charge in [0.25, 0.3) is 20.2 Å². The van der Waals surface area contributed by atoms with Crippen LogP contribution in [0.5, 0.6) is 0 Å². The van der Waals surface area contributed by atoms with Crippen LogP contribution in [0.25, 0.3) is 0 Å². The Hall–Kier alpha value is -0.960. The van der Waals surface area contributed by atoms with Gasteiger partial charge in [-0.2, -0.15) is 16.8 Å². The lowest BCUT2D eigenvalue weighted by molar-refractivity contribution is 0.303. The van der Waals surface area contributed by atoms with Crippen molar-refractivity contribution in [3.8, 4) is 0 Å². The minimum Gasteiger partial charge on any atom is -0.266 e. The van der Waals surface area contributed by atoms with Crippen molar-refractivity contribution >= 4 is 20.2 Å². The van der Waals surface area contributed by atoms with Gasteiger partial charge in [-0.15, -0.1) is 0 Å². The molecule has 22 heavy (non-hydrogen) atoms. The summed E-state index contributed by atoms with van der Waals surface area (Å²) in [4.78, 5) is -0.773. The van der Waals surface area contributed by atoms with Crippen molar-refractivity contribution in [2.45, 2.75) is 49.3 Å². The Morgan fingerprint density at radius 2 is 1.14 bits per heavy atom. The number of hydrogen-bond donors (Lipinski definition) is 0. The Morgan fingerprint density at radius 3 is 1.45 bits per heavy atom. The van der Waals surface area contributed by atoms with Gasteiger partial charge in [-0.1, -0.05) is 38.8 Å².